The highest BCUT2D eigenvalue weighted by Crippen LogP contribution is 2.31. The van der Waals surface area contributed by atoms with Crippen molar-refractivity contribution < 1.29 is 14.4 Å². The lowest BCUT2D eigenvalue weighted by molar-refractivity contribution is -0.127. The van der Waals surface area contributed by atoms with Gasteiger partial charge in [-0.15, -0.1) is 0 Å². The summed E-state index contributed by atoms with van der Waals surface area (Å²) in [6.07, 6.45) is 1.55. The number of carbonyl (C=O) groups is 3. The number of aryl methyl sites for hydroxylation is 2. The van der Waals surface area contributed by atoms with Crippen LogP contribution < -0.4 is 5.32 Å². The molecule has 2 heterocycles. The molecule has 0 bridgehead atoms. The van der Waals surface area contributed by atoms with Crippen LogP contribution in [-0.2, 0) is 9.59 Å². The van der Waals surface area contributed by atoms with E-state index in [2.05, 4.69) is 10.3 Å². The minimum absolute atomic E-state index is 0.240. The molecule has 2 aromatic rings. The summed E-state index contributed by atoms with van der Waals surface area (Å²) in [7, 11) is 0. The standard InChI is InChI=1S/C19H16ClN3O3S/c1-11-6-7-14(8-15(11)20)22-17(24)10-23-18(25)16(27-19(23)26)9-13-5-3-4-12(2)21-13/h3-9H,10H2,1-2H3,(H,22,24)/b16-9+. The van der Waals surface area contributed by atoms with E-state index in [0.29, 0.717) is 16.4 Å². The fraction of sp³-hybridized carbons (Fsp3) is 0.158. The molecule has 0 saturated carbocycles. The summed E-state index contributed by atoms with van der Waals surface area (Å²) in [5, 5.41) is 2.67. The minimum Gasteiger partial charge on any atom is -0.324 e. The number of anilines is 1. The second-order valence-electron chi connectivity index (χ2n) is 5.98. The van der Waals surface area contributed by atoms with Crippen molar-refractivity contribution in [1.82, 2.24) is 9.88 Å². The molecule has 0 radical (unpaired) electrons. The van der Waals surface area contributed by atoms with Gasteiger partial charge in [-0.1, -0.05) is 23.7 Å². The lowest BCUT2D eigenvalue weighted by Crippen LogP contribution is -2.36. The summed E-state index contributed by atoms with van der Waals surface area (Å²) in [6, 6.07) is 10.5. The maximum absolute atomic E-state index is 12.5. The molecule has 1 saturated heterocycles. The van der Waals surface area contributed by atoms with E-state index in [-0.39, 0.29) is 11.4 Å². The fourth-order valence-corrected chi connectivity index (χ4v) is 3.43. The van der Waals surface area contributed by atoms with E-state index < -0.39 is 17.1 Å². The van der Waals surface area contributed by atoms with Gasteiger partial charge in [0.1, 0.15) is 6.54 Å². The number of pyridine rings is 1. The maximum atomic E-state index is 12.5. The van der Waals surface area contributed by atoms with Gasteiger partial charge in [0, 0.05) is 16.4 Å². The summed E-state index contributed by atoms with van der Waals surface area (Å²) in [5.74, 6) is -0.988. The van der Waals surface area contributed by atoms with E-state index in [1.54, 1.807) is 30.3 Å². The Kier molecular flexibility index (Phi) is 5.62. The number of benzene rings is 1. The maximum Gasteiger partial charge on any atom is 0.294 e. The van der Waals surface area contributed by atoms with Crippen LogP contribution in [0, 0.1) is 13.8 Å². The Morgan fingerprint density at radius 2 is 2.04 bits per heavy atom. The number of hydrogen-bond donors (Lipinski definition) is 1. The zero-order valence-electron chi connectivity index (χ0n) is 14.7. The number of thioether (sulfide) groups is 1. The number of carbonyl (C=O) groups excluding carboxylic acids is 3. The highest BCUT2D eigenvalue weighted by Gasteiger charge is 2.36. The first-order chi connectivity index (χ1) is 12.8. The van der Waals surface area contributed by atoms with E-state index in [4.69, 9.17) is 11.6 Å². The van der Waals surface area contributed by atoms with Crippen LogP contribution in [0.3, 0.4) is 0 Å². The first-order valence-electron chi connectivity index (χ1n) is 8.08. The number of imide groups is 1. The molecule has 27 heavy (non-hydrogen) atoms. The van der Waals surface area contributed by atoms with Crippen LogP contribution in [0.25, 0.3) is 6.08 Å². The van der Waals surface area contributed by atoms with Gasteiger partial charge < -0.3 is 5.32 Å². The van der Waals surface area contributed by atoms with Crippen molar-refractivity contribution >= 4 is 52.2 Å². The number of halogens is 1. The smallest absolute Gasteiger partial charge is 0.294 e. The Hall–Kier alpha value is -2.64. The highest BCUT2D eigenvalue weighted by molar-refractivity contribution is 8.18. The molecule has 0 unspecified atom stereocenters. The highest BCUT2D eigenvalue weighted by atomic mass is 35.5. The van der Waals surface area contributed by atoms with Crippen molar-refractivity contribution in [3.63, 3.8) is 0 Å². The van der Waals surface area contributed by atoms with Crippen LogP contribution >= 0.6 is 23.4 Å². The molecular formula is C19H16ClN3O3S. The van der Waals surface area contributed by atoms with Crippen LogP contribution in [0.4, 0.5) is 10.5 Å². The SMILES string of the molecule is Cc1cccc(/C=C2/SC(=O)N(CC(=O)Nc3ccc(C)c(Cl)c3)C2=O)n1. The molecule has 0 spiro atoms. The first-order valence-corrected chi connectivity index (χ1v) is 9.28. The molecule has 1 aromatic carbocycles. The number of hydrogen-bond acceptors (Lipinski definition) is 5. The average Bonchev–Trinajstić information content (AvgIpc) is 2.86. The van der Waals surface area contributed by atoms with E-state index in [0.717, 1.165) is 27.9 Å². The van der Waals surface area contributed by atoms with Gasteiger partial charge in [0.15, 0.2) is 0 Å². The Labute approximate surface area is 165 Å². The molecule has 0 atom stereocenters. The number of aromatic nitrogens is 1. The number of nitrogens with one attached hydrogen (secondary N) is 1. The average molecular weight is 402 g/mol. The summed E-state index contributed by atoms with van der Waals surface area (Å²) >= 11 is 6.83. The second kappa shape index (κ2) is 7.94. The van der Waals surface area contributed by atoms with Gasteiger partial charge >= 0.3 is 0 Å². The third-order valence-electron chi connectivity index (χ3n) is 3.82. The summed E-state index contributed by atoms with van der Waals surface area (Å²) in [4.78, 5) is 42.3. The largest absolute Gasteiger partial charge is 0.324 e. The molecular weight excluding hydrogens is 386 g/mol. The van der Waals surface area contributed by atoms with Crippen molar-refractivity contribution in [2.75, 3.05) is 11.9 Å². The van der Waals surface area contributed by atoms with E-state index in [9.17, 15) is 14.4 Å². The molecule has 1 aromatic heterocycles. The molecule has 3 rings (SSSR count). The third-order valence-corrected chi connectivity index (χ3v) is 5.13. The molecule has 0 aliphatic carbocycles. The Bertz CT molecular complexity index is 974. The van der Waals surface area contributed by atoms with Gasteiger partial charge in [0.2, 0.25) is 5.91 Å². The van der Waals surface area contributed by atoms with Gasteiger partial charge in [0.25, 0.3) is 11.1 Å². The van der Waals surface area contributed by atoms with Crippen LogP contribution in [0.2, 0.25) is 5.02 Å². The van der Waals surface area contributed by atoms with Gasteiger partial charge in [-0.2, -0.15) is 0 Å². The Morgan fingerprint density at radius 1 is 1.26 bits per heavy atom. The fourth-order valence-electron chi connectivity index (χ4n) is 2.43. The molecule has 1 fully saturated rings. The lowest BCUT2D eigenvalue weighted by Gasteiger charge is -2.12. The van der Waals surface area contributed by atoms with Crippen molar-refractivity contribution in [1.29, 1.82) is 0 Å². The molecule has 1 aliphatic rings. The van der Waals surface area contributed by atoms with Gasteiger partial charge in [-0.25, -0.2) is 0 Å². The molecule has 3 amide bonds. The first kappa shape index (κ1) is 19.1. The second-order valence-corrected chi connectivity index (χ2v) is 7.38. The zero-order chi connectivity index (χ0) is 19.6. The monoisotopic (exact) mass is 401 g/mol. The normalized spacial score (nSPS) is 15.5. The van der Waals surface area contributed by atoms with E-state index >= 15 is 0 Å². The van der Waals surface area contributed by atoms with Crippen LogP contribution in [0.1, 0.15) is 17.0 Å². The van der Waals surface area contributed by atoms with Crippen LogP contribution in [0.15, 0.2) is 41.3 Å². The van der Waals surface area contributed by atoms with E-state index in [1.165, 1.54) is 0 Å². The molecule has 138 valence electrons. The predicted octanol–water partition coefficient (Wildman–Crippen LogP) is 4.03. The summed E-state index contributed by atoms with van der Waals surface area (Å²) in [6.45, 7) is 3.32. The predicted molar refractivity (Wildman–Crippen MR) is 106 cm³/mol. The Balaban J connectivity index is 1.69. The van der Waals surface area contributed by atoms with Crippen LogP contribution in [-0.4, -0.2) is 33.5 Å². The van der Waals surface area contributed by atoms with Gasteiger partial charge in [-0.3, -0.25) is 24.3 Å². The van der Waals surface area contributed by atoms with Gasteiger partial charge in [-0.05, 0) is 61.5 Å². The third kappa shape index (κ3) is 4.56. The van der Waals surface area contributed by atoms with Gasteiger partial charge in [0.05, 0.1) is 10.6 Å². The lowest BCUT2D eigenvalue weighted by atomic mass is 10.2. The Morgan fingerprint density at radius 3 is 2.74 bits per heavy atom. The number of nitrogens with zero attached hydrogens (tertiary/aromatic N) is 2. The molecule has 1 aliphatic heterocycles. The van der Waals surface area contributed by atoms with Crippen LogP contribution in [0.5, 0.6) is 0 Å². The quantitative estimate of drug-likeness (QED) is 0.782. The van der Waals surface area contributed by atoms with E-state index in [1.807, 2.05) is 26.0 Å². The topological polar surface area (TPSA) is 79.4 Å². The van der Waals surface area contributed by atoms with Crippen molar-refractivity contribution in [3.8, 4) is 0 Å². The molecule has 6 nitrogen and oxygen atoms in total. The summed E-state index contributed by atoms with van der Waals surface area (Å²) in [5.41, 5.74) is 2.77. The number of rotatable bonds is 4. The minimum atomic E-state index is -0.509. The number of amides is 3. The van der Waals surface area contributed by atoms with Crippen molar-refractivity contribution in [3.05, 3.63) is 63.3 Å². The molecule has 8 heteroatoms. The molecule has 1 N–H and O–H groups in total. The van der Waals surface area contributed by atoms with Crippen molar-refractivity contribution in [2.45, 2.75) is 13.8 Å². The van der Waals surface area contributed by atoms with Crippen molar-refractivity contribution in [2.24, 2.45) is 0 Å². The zero-order valence-corrected chi connectivity index (χ0v) is 16.2. The summed E-state index contributed by atoms with van der Waals surface area (Å²) < 4.78 is 0.